The summed E-state index contributed by atoms with van der Waals surface area (Å²) >= 11 is 0. The van der Waals surface area contributed by atoms with Gasteiger partial charge >= 0.3 is 5.97 Å². The zero-order valence-corrected chi connectivity index (χ0v) is 13.4. The van der Waals surface area contributed by atoms with E-state index >= 15 is 0 Å². The lowest BCUT2D eigenvalue weighted by molar-refractivity contribution is -0.145. The lowest BCUT2D eigenvalue weighted by Crippen LogP contribution is -2.46. The highest BCUT2D eigenvalue weighted by molar-refractivity contribution is 5.96. The molecular formula is C20H21NO3. The number of rotatable bonds is 6. The molecule has 1 aliphatic rings. The third-order valence-corrected chi connectivity index (χ3v) is 4.61. The van der Waals surface area contributed by atoms with E-state index in [9.17, 15) is 9.59 Å². The summed E-state index contributed by atoms with van der Waals surface area (Å²) in [5.74, 6) is -1.19. The second kappa shape index (κ2) is 7.30. The van der Waals surface area contributed by atoms with Crippen LogP contribution in [0.4, 0.5) is 0 Å². The summed E-state index contributed by atoms with van der Waals surface area (Å²) in [6.07, 6.45) is 2.73. The van der Waals surface area contributed by atoms with Gasteiger partial charge in [-0.05, 0) is 42.9 Å². The molecule has 24 heavy (non-hydrogen) atoms. The van der Waals surface area contributed by atoms with Crippen LogP contribution in [0.1, 0.15) is 34.3 Å². The third kappa shape index (κ3) is 3.82. The molecule has 124 valence electrons. The minimum atomic E-state index is -0.774. The maximum atomic E-state index is 12.5. The van der Waals surface area contributed by atoms with E-state index in [4.69, 9.17) is 5.11 Å². The van der Waals surface area contributed by atoms with Crippen molar-refractivity contribution >= 4 is 11.9 Å². The van der Waals surface area contributed by atoms with Crippen LogP contribution in [0.15, 0.2) is 54.6 Å². The van der Waals surface area contributed by atoms with Crippen LogP contribution in [-0.4, -0.2) is 23.0 Å². The summed E-state index contributed by atoms with van der Waals surface area (Å²) < 4.78 is 0. The average Bonchev–Trinajstić information content (AvgIpc) is 2.56. The van der Waals surface area contributed by atoms with Crippen LogP contribution in [0.5, 0.6) is 0 Å². The molecule has 0 unspecified atom stereocenters. The molecule has 1 saturated carbocycles. The van der Waals surface area contributed by atoms with Crippen LogP contribution in [0.2, 0.25) is 0 Å². The normalized spacial score (nSPS) is 19.3. The van der Waals surface area contributed by atoms with Crippen molar-refractivity contribution in [3.8, 4) is 0 Å². The van der Waals surface area contributed by atoms with Gasteiger partial charge < -0.3 is 10.4 Å². The quantitative estimate of drug-likeness (QED) is 0.858. The zero-order valence-electron chi connectivity index (χ0n) is 13.4. The van der Waals surface area contributed by atoms with Crippen molar-refractivity contribution in [3.05, 3.63) is 71.3 Å². The van der Waals surface area contributed by atoms with Gasteiger partial charge in [0.05, 0.1) is 5.92 Å². The Kier molecular flexibility index (Phi) is 4.94. The standard InChI is InChI=1S/C20H21NO3/c22-19(21-17-12-16(13-17)20(23)24)18-9-5-4-8-15(18)11-10-14-6-2-1-3-7-14/h1-9,16-17H,10-13H2,(H,21,22)(H,23,24). The molecule has 0 aromatic heterocycles. The van der Waals surface area contributed by atoms with Gasteiger partial charge in [0.2, 0.25) is 0 Å². The molecule has 4 nitrogen and oxygen atoms in total. The maximum absolute atomic E-state index is 12.5. The van der Waals surface area contributed by atoms with Gasteiger partial charge in [-0.15, -0.1) is 0 Å². The molecule has 0 radical (unpaired) electrons. The zero-order chi connectivity index (χ0) is 16.9. The van der Waals surface area contributed by atoms with Crippen LogP contribution in [0.25, 0.3) is 0 Å². The molecule has 0 saturated heterocycles. The van der Waals surface area contributed by atoms with E-state index in [2.05, 4.69) is 17.4 Å². The minimum absolute atomic E-state index is 0.0271. The number of benzene rings is 2. The number of carbonyl (C=O) groups excluding carboxylic acids is 1. The highest BCUT2D eigenvalue weighted by atomic mass is 16.4. The Morgan fingerprint density at radius 3 is 2.33 bits per heavy atom. The number of carbonyl (C=O) groups is 2. The first-order valence-electron chi connectivity index (χ1n) is 8.29. The smallest absolute Gasteiger partial charge is 0.306 e. The number of hydrogen-bond donors (Lipinski definition) is 2. The predicted octanol–water partition coefficient (Wildman–Crippen LogP) is 3.06. The largest absolute Gasteiger partial charge is 0.481 e. The van der Waals surface area contributed by atoms with Crippen molar-refractivity contribution in [3.63, 3.8) is 0 Å². The first-order valence-corrected chi connectivity index (χ1v) is 8.29. The number of nitrogens with one attached hydrogen (secondary N) is 1. The van der Waals surface area contributed by atoms with Gasteiger partial charge in [0, 0.05) is 11.6 Å². The molecule has 1 fully saturated rings. The molecule has 2 aromatic carbocycles. The second-order valence-electron chi connectivity index (χ2n) is 6.32. The number of hydrogen-bond acceptors (Lipinski definition) is 2. The maximum Gasteiger partial charge on any atom is 0.306 e. The number of aryl methyl sites for hydroxylation is 2. The minimum Gasteiger partial charge on any atom is -0.481 e. The lowest BCUT2D eigenvalue weighted by Gasteiger charge is -2.33. The average molecular weight is 323 g/mol. The number of amides is 1. The Morgan fingerprint density at radius 1 is 0.958 bits per heavy atom. The Hall–Kier alpha value is -2.62. The fourth-order valence-corrected chi connectivity index (χ4v) is 3.08. The fraction of sp³-hybridized carbons (Fsp3) is 0.300. The topological polar surface area (TPSA) is 66.4 Å². The Bertz CT molecular complexity index is 721. The highest BCUT2D eigenvalue weighted by Crippen LogP contribution is 2.27. The first-order chi connectivity index (χ1) is 11.6. The van der Waals surface area contributed by atoms with Gasteiger partial charge in [-0.25, -0.2) is 0 Å². The van der Waals surface area contributed by atoms with Crippen molar-refractivity contribution in [2.75, 3.05) is 0 Å². The Balaban J connectivity index is 1.61. The van der Waals surface area contributed by atoms with E-state index in [1.165, 1.54) is 5.56 Å². The van der Waals surface area contributed by atoms with Crippen LogP contribution in [0, 0.1) is 5.92 Å². The van der Waals surface area contributed by atoms with E-state index in [1.54, 1.807) is 0 Å². The van der Waals surface area contributed by atoms with Gasteiger partial charge in [-0.2, -0.15) is 0 Å². The summed E-state index contributed by atoms with van der Waals surface area (Å²) in [6, 6.07) is 17.8. The molecule has 2 N–H and O–H groups in total. The monoisotopic (exact) mass is 323 g/mol. The van der Waals surface area contributed by atoms with Gasteiger partial charge in [-0.3, -0.25) is 9.59 Å². The predicted molar refractivity (Wildman–Crippen MR) is 91.9 cm³/mol. The first kappa shape index (κ1) is 16.2. The van der Waals surface area contributed by atoms with E-state index in [0.717, 1.165) is 18.4 Å². The van der Waals surface area contributed by atoms with Gasteiger partial charge in [0.1, 0.15) is 0 Å². The van der Waals surface area contributed by atoms with Gasteiger partial charge in [-0.1, -0.05) is 48.5 Å². The summed E-state index contributed by atoms with van der Waals surface area (Å²) in [5.41, 5.74) is 2.95. The fourth-order valence-electron chi connectivity index (χ4n) is 3.08. The molecule has 1 amide bonds. The molecule has 2 aromatic rings. The molecule has 4 heteroatoms. The van der Waals surface area contributed by atoms with Crippen molar-refractivity contribution in [1.29, 1.82) is 0 Å². The van der Waals surface area contributed by atoms with Crippen molar-refractivity contribution < 1.29 is 14.7 Å². The number of aliphatic carboxylic acids is 1. The summed E-state index contributed by atoms with van der Waals surface area (Å²) in [7, 11) is 0. The molecule has 0 aliphatic heterocycles. The highest BCUT2D eigenvalue weighted by Gasteiger charge is 2.35. The number of carboxylic acids is 1. The number of carboxylic acid groups (broad SMARTS) is 1. The van der Waals surface area contributed by atoms with Crippen LogP contribution < -0.4 is 5.32 Å². The second-order valence-corrected chi connectivity index (χ2v) is 6.32. The van der Waals surface area contributed by atoms with Crippen LogP contribution >= 0.6 is 0 Å². The molecular weight excluding hydrogens is 302 g/mol. The Morgan fingerprint density at radius 2 is 1.62 bits per heavy atom. The molecule has 1 aliphatic carbocycles. The summed E-state index contributed by atoms with van der Waals surface area (Å²) in [4.78, 5) is 23.3. The van der Waals surface area contributed by atoms with Crippen molar-refractivity contribution in [2.45, 2.75) is 31.7 Å². The summed E-state index contributed by atoms with van der Waals surface area (Å²) in [5, 5.41) is 11.9. The van der Waals surface area contributed by atoms with E-state index in [0.29, 0.717) is 18.4 Å². The van der Waals surface area contributed by atoms with Crippen LogP contribution in [0.3, 0.4) is 0 Å². The van der Waals surface area contributed by atoms with Gasteiger partial charge in [0.25, 0.3) is 5.91 Å². The molecule has 0 atom stereocenters. The van der Waals surface area contributed by atoms with Crippen LogP contribution in [-0.2, 0) is 17.6 Å². The van der Waals surface area contributed by atoms with E-state index < -0.39 is 5.97 Å². The molecule has 0 heterocycles. The van der Waals surface area contributed by atoms with E-state index in [-0.39, 0.29) is 17.9 Å². The van der Waals surface area contributed by atoms with Crippen molar-refractivity contribution in [1.82, 2.24) is 5.32 Å². The molecule has 0 spiro atoms. The SMILES string of the molecule is O=C(NC1CC(C(=O)O)C1)c1ccccc1CCc1ccccc1. The lowest BCUT2D eigenvalue weighted by atomic mass is 9.80. The molecule has 0 bridgehead atoms. The van der Waals surface area contributed by atoms with Gasteiger partial charge in [0.15, 0.2) is 0 Å². The Labute approximate surface area is 141 Å². The van der Waals surface area contributed by atoms with E-state index in [1.807, 2.05) is 42.5 Å². The van der Waals surface area contributed by atoms with Crippen molar-refractivity contribution in [2.24, 2.45) is 5.92 Å². The molecule has 3 rings (SSSR count). The summed E-state index contributed by atoms with van der Waals surface area (Å²) in [6.45, 7) is 0. The third-order valence-electron chi connectivity index (χ3n) is 4.61.